The lowest BCUT2D eigenvalue weighted by atomic mass is 9.80. The van der Waals surface area contributed by atoms with Crippen LogP contribution in [0, 0.1) is 29.6 Å². The van der Waals surface area contributed by atoms with Crippen LogP contribution < -0.4 is 0 Å². The third kappa shape index (κ3) is 11.9. The number of ether oxygens (including phenoxy) is 3. The topological polar surface area (TPSA) is 163 Å². The van der Waals surface area contributed by atoms with Crippen molar-refractivity contribution < 1.29 is 49.3 Å². The van der Waals surface area contributed by atoms with Gasteiger partial charge >= 0.3 is 5.97 Å². The molecule has 0 saturated carbocycles. The number of carbonyl (C=O) groups excluding carboxylic acids is 2. The average molecular weight is 709 g/mol. The Morgan fingerprint density at radius 1 is 0.980 bits per heavy atom. The fourth-order valence-corrected chi connectivity index (χ4v) is 7.65. The molecular weight excluding hydrogens is 640 g/mol. The highest BCUT2D eigenvalue weighted by Crippen LogP contribution is 2.45. The smallest absolute Gasteiger partial charge is 0.330 e. The van der Waals surface area contributed by atoms with Crippen LogP contribution in [-0.2, 0) is 23.8 Å². The number of esters is 1. The van der Waals surface area contributed by atoms with E-state index < -0.39 is 65.8 Å². The Hall–Kier alpha value is -1.66. The third-order valence-corrected chi connectivity index (χ3v) is 11.6. The van der Waals surface area contributed by atoms with Crippen molar-refractivity contribution in [2.24, 2.45) is 29.6 Å². The molecule has 0 aromatic heterocycles. The molecule has 13 unspecified atom stereocenters. The first-order chi connectivity index (χ1) is 23.4. The molecule has 0 amide bonds. The lowest BCUT2D eigenvalue weighted by molar-refractivity contribution is -0.346. The Labute approximate surface area is 300 Å². The van der Waals surface area contributed by atoms with E-state index in [-0.39, 0.29) is 42.5 Å². The van der Waals surface area contributed by atoms with Crippen LogP contribution >= 0.6 is 0 Å². The van der Waals surface area contributed by atoms with Gasteiger partial charge in [0.1, 0.15) is 6.10 Å². The Morgan fingerprint density at radius 2 is 1.68 bits per heavy atom. The number of carbonyl (C=O) groups is 2. The van der Waals surface area contributed by atoms with E-state index in [0.29, 0.717) is 57.8 Å². The second kappa shape index (κ2) is 18.9. The number of allylic oxidation sites excluding steroid dienone is 2. The lowest BCUT2D eigenvalue weighted by Crippen LogP contribution is -2.57. The Bertz CT molecular complexity index is 1150. The molecule has 2 saturated heterocycles. The summed E-state index contributed by atoms with van der Waals surface area (Å²) in [5.74, 6) is -2.69. The van der Waals surface area contributed by atoms with Crippen LogP contribution in [0.15, 0.2) is 23.8 Å². The van der Waals surface area contributed by atoms with E-state index in [1.165, 1.54) is 6.08 Å². The van der Waals surface area contributed by atoms with Gasteiger partial charge in [-0.05, 0) is 69.3 Å². The summed E-state index contributed by atoms with van der Waals surface area (Å²) >= 11 is 0. The van der Waals surface area contributed by atoms with Crippen molar-refractivity contribution >= 4 is 11.8 Å². The van der Waals surface area contributed by atoms with Gasteiger partial charge in [0.05, 0.1) is 42.2 Å². The van der Waals surface area contributed by atoms with Crippen LogP contribution in [-0.4, -0.2) is 91.4 Å². The zero-order valence-corrected chi connectivity index (χ0v) is 31.9. The number of Topliss-reactive ketones (excluding diaryl/α,β-unsaturated/α-hetero) is 1. The molecule has 288 valence electrons. The van der Waals surface area contributed by atoms with Crippen LogP contribution in [0.3, 0.4) is 0 Å². The van der Waals surface area contributed by atoms with Gasteiger partial charge in [-0.1, -0.05) is 67.0 Å². The standard InChI is InChI=1S/C40H68O10/c1-9-30(41)20-33-25(4)16-18-40(49-33)23-35-28(7)34(50-40)21-32(43)29(19-24(2)3)13-11-10-12-17-39(8,47)36(44)22-31(42)27(6)38(46)26(5)14-15-37(45)48-35/h13-15,24-28,30-31,33-36,38,41-42,44,46-47H,9-12,16-23H2,1-8H3/b15-14-,29-13+. The van der Waals surface area contributed by atoms with Crippen molar-refractivity contribution in [1.29, 1.82) is 0 Å². The first-order valence-corrected chi connectivity index (χ1v) is 19.3. The van der Waals surface area contributed by atoms with Crippen molar-refractivity contribution in [3.8, 4) is 0 Å². The summed E-state index contributed by atoms with van der Waals surface area (Å²) in [6.07, 6.45) is 5.21. The van der Waals surface area contributed by atoms with E-state index in [2.05, 4.69) is 20.8 Å². The highest BCUT2D eigenvalue weighted by Gasteiger charge is 2.52. The minimum atomic E-state index is -1.44. The molecular formula is C40H68O10. The molecule has 13 atom stereocenters. The van der Waals surface area contributed by atoms with Gasteiger partial charge in [-0.3, -0.25) is 4.79 Å². The van der Waals surface area contributed by atoms with E-state index in [9.17, 15) is 35.1 Å². The van der Waals surface area contributed by atoms with Gasteiger partial charge in [-0.15, -0.1) is 0 Å². The summed E-state index contributed by atoms with van der Waals surface area (Å²) in [5.41, 5.74) is -0.709. The van der Waals surface area contributed by atoms with Crippen LogP contribution in [0.5, 0.6) is 0 Å². The zero-order valence-electron chi connectivity index (χ0n) is 31.9. The Morgan fingerprint density at radius 3 is 2.34 bits per heavy atom. The van der Waals surface area contributed by atoms with Crippen molar-refractivity contribution in [3.05, 3.63) is 23.8 Å². The average Bonchev–Trinajstić information content (AvgIpc) is 3.05. The zero-order chi connectivity index (χ0) is 37.4. The van der Waals surface area contributed by atoms with Crippen LogP contribution in [0.1, 0.15) is 132 Å². The molecule has 10 heteroatoms. The number of rotatable bonds is 5. The van der Waals surface area contributed by atoms with Crippen LogP contribution in [0.25, 0.3) is 0 Å². The number of hydrogen-bond donors (Lipinski definition) is 5. The van der Waals surface area contributed by atoms with Gasteiger partial charge in [0.25, 0.3) is 0 Å². The van der Waals surface area contributed by atoms with E-state index in [1.807, 2.05) is 19.9 Å². The first-order valence-electron chi connectivity index (χ1n) is 19.3. The monoisotopic (exact) mass is 708 g/mol. The molecule has 3 aliphatic rings. The van der Waals surface area contributed by atoms with Crippen LogP contribution in [0.2, 0.25) is 0 Å². The second-order valence-corrected chi connectivity index (χ2v) is 16.5. The fraction of sp³-hybridized carbons (Fsp3) is 0.850. The van der Waals surface area contributed by atoms with Gasteiger partial charge in [-0.25, -0.2) is 4.79 Å². The van der Waals surface area contributed by atoms with Gasteiger partial charge in [0, 0.05) is 49.5 Å². The number of hydrogen-bond acceptors (Lipinski definition) is 10. The highest BCUT2D eigenvalue weighted by molar-refractivity contribution is 5.95. The second-order valence-electron chi connectivity index (χ2n) is 16.5. The lowest BCUT2D eigenvalue weighted by Gasteiger charge is -2.51. The molecule has 3 aliphatic heterocycles. The van der Waals surface area contributed by atoms with Crippen molar-refractivity contribution in [3.63, 3.8) is 0 Å². The van der Waals surface area contributed by atoms with Crippen molar-refractivity contribution in [2.45, 2.75) is 187 Å². The summed E-state index contributed by atoms with van der Waals surface area (Å²) in [5, 5.41) is 54.3. The molecule has 1 spiro atoms. The maximum Gasteiger partial charge on any atom is 0.330 e. The normalized spacial score (nSPS) is 42.9. The third-order valence-electron chi connectivity index (χ3n) is 11.6. The SMILES string of the molecule is CCC(O)CC1OC2(CCC1C)CC1OC(=O)/C=C\C(C)C(O)C(C)C(O)CC(O)C(C)(O)CCCC/C=C(\CC(C)C)C(=O)CC(O2)C1C. The predicted octanol–water partition coefficient (Wildman–Crippen LogP) is 5.55. The molecule has 0 radical (unpaired) electrons. The van der Waals surface area contributed by atoms with Gasteiger partial charge in [0.2, 0.25) is 0 Å². The summed E-state index contributed by atoms with van der Waals surface area (Å²) in [7, 11) is 0. The van der Waals surface area contributed by atoms with E-state index in [4.69, 9.17) is 14.2 Å². The summed E-state index contributed by atoms with van der Waals surface area (Å²) in [4.78, 5) is 27.3. The number of aliphatic hydroxyl groups excluding tert-OH is 4. The number of fused-ring (bicyclic) bond motifs is 2. The molecule has 2 bridgehead atoms. The molecule has 0 aliphatic carbocycles. The molecule has 0 aromatic rings. The molecule has 3 rings (SSSR count). The van der Waals surface area contributed by atoms with E-state index in [0.717, 1.165) is 12.0 Å². The Balaban J connectivity index is 1.96. The molecule has 50 heavy (non-hydrogen) atoms. The van der Waals surface area contributed by atoms with Gasteiger partial charge in [0.15, 0.2) is 11.6 Å². The van der Waals surface area contributed by atoms with Crippen molar-refractivity contribution in [2.75, 3.05) is 0 Å². The number of ketones is 1. The molecule has 3 heterocycles. The fourth-order valence-electron chi connectivity index (χ4n) is 7.65. The minimum Gasteiger partial charge on any atom is -0.459 e. The predicted molar refractivity (Wildman–Crippen MR) is 192 cm³/mol. The van der Waals surface area contributed by atoms with E-state index in [1.54, 1.807) is 26.8 Å². The van der Waals surface area contributed by atoms with Crippen molar-refractivity contribution in [1.82, 2.24) is 0 Å². The van der Waals surface area contributed by atoms with Gasteiger partial charge in [-0.2, -0.15) is 0 Å². The maximum atomic E-state index is 14.0. The summed E-state index contributed by atoms with van der Waals surface area (Å²) in [6, 6.07) is 0. The molecule has 10 nitrogen and oxygen atoms in total. The quantitative estimate of drug-likeness (QED) is 0.229. The minimum absolute atomic E-state index is 0.0183. The molecule has 2 fully saturated rings. The largest absolute Gasteiger partial charge is 0.459 e. The first kappa shape index (κ1) is 42.8. The van der Waals surface area contributed by atoms with Gasteiger partial charge < -0.3 is 39.7 Å². The molecule has 5 N–H and O–H groups in total. The number of aliphatic hydroxyl groups is 5. The van der Waals surface area contributed by atoms with Crippen LogP contribution in [0.4, 0.5) is 0 Å². The Kier molecular flexibility index (Phi) is 16.2. The maximum absolute atomic E-state index is 14.0. The highest BCUT2D eigenvalue weighted by atomic mass is 16.7. The molecule has 0 aromatic carbocycles. The van der Waals surface area contributed by atoms with E-state index >= 15 is 0 Å². The summed E-state index contributed by atoms with van der Waals surface area (Å²) in [6.45, 7) is 15.1. The summed E-state index contributed by atoms with van der Waals surface area (Å²) < 4.78 is 19.5.